The van der Waals surface area contributed by atoms with Gasteiger partial charge >= 0.3 is 0 Å². The molecule has 0 radical (unpaired) electrons. The molecule has 0 bridgehead atoms. The van der Waals surface area contributed by atoms with Gasteiger partial charge in [-0.15, -0.1) is 23.5 Å². The molecule has 0 aliphatic heterocycles. The zero-order chi connectivity index (χ0) is 11.3. The van der Waals surface area contributed by atoms with E-state index in [4.69, 9.17) is 0 Å². The maximum atomic E-state index is 9.27. The van der Waals surface area contributed by atoms with Gasteiger partial charge in [0.05, 0.1) is 4.08 Å². The Balaban J connectivity index is 2.92. The topological polar surface area (TPSA) is 20.2 Å². The number of phenols is 1. The van der Waals surface area contributed by atoms with Crippen LogP contribution in [0.3, 0.4) is 0 Å². The molecule has 0 spiro atoms. The molecule has 1 nitrogen and oxygen atoms in total. The molecular formula is C12H18OS2. The molecule has 0 unspecified atom stereocenters. The predicted octanol–water partition coefficient (Wildman–Crippen LogP) is 4.07. The van der Waals surface area contributed by atoms with Crippen LogP contribution in [0.25, 0.3) is 0 Å². The van der Waals surface area contributed by atoms with Crippen LogP contribution in [-0.4, -0.2) is 16.6 Å². The molecule has 0 amide bonds. The third kappa shape index (κ3) is 3.35. The number of benzene rings is 1. The van der Waals surface area contributed by atoms with Gasteiger partial charge in [-0.2, -0.15) is 0 Å². The molecule has 1 N–H and O–H groups in total. The van der Waals surface area contributed by atoms with Crippen molar-refractivity contribution in [3.8, 4) is 5.75 Å². The molecule has 0 aromatic heterocycles. The van der Waals surface area contributed by atoms with E-state index in [0.29, 0.717) is 5.75 Å². The van der Waals surface area contributed by atoms with Crippen LogP contribution in [0.2, 0.25) is 0 Å². The summed E-state index contributed by atoms with van der Waals surface area (Å²) in [6.45, 7) is 6.61. The van der Waals surface area contributed by atoms with Crippen molar-refractivity contribution >= 4 is 23.5 Å². The van der Waals surface area contributed by atoms with Gasteiger partial charge in [-0.05, 0) is 36.1 Å². The molecule has 0 saturated heterocycles. The number of hydrogen-bond acceptors (Lipinski definition) is 3. The molecule has 15 heavy (non-hydrogen) atoms. The molecule has 1 aromatic carbocycles. The van der Waals surface area contributed by atoms with Crippen LogP contribution < -0.4 is 0 Å². The van der Waals surface area contributed by atoms with Crippen LogP contribution in [0.1, 0.15) is 26.3 Å². The lowest BCUT2D eigenvalue weighted by Crippen LogP contribution is -2.13. The van der Waals surface area contributed by atoms with Gasteiger partial charge in [0.1, 0.15) is 5.75 Å². The van der Waals surface area contributed by atoms with Crippen LogP contribution in [0, 0.1) is 0 Å². The van der Waals surface area contributed by atoms with Gasteiger partial charge in [0.2, 0.25) is 0 Å². The van der Waals surface area contributed by atoms with E-state index in [2.05, 4.69) is 20.8 Å². The summed E-state index contributed by atoms with van der Waals surface area (Å²) in [7, 11) is 0. The minimum Gasteiger partial charge on any atom is -0.508 e. The molecule has 3 heteroatoms. The second-order valence-corrected chi connectivity index (χ2v) is 6.98. The summed E-state index contributed by atoms with van der Waals surface area (Å²) >= 11 is 3.89. The summed E-state index contributed by atoms with van der Waals surface area (Å²) in [6.07, 6.45) is 0. The average Bonchev–Trinajstić information content (AvgIpc) is 2.19. The Hall–Kier alpha value is -0.280. The van der Waals surface area contributed by atoms with E-state index < -0.39 is 0 Å². The number of hydrogen-bond donors (Lipinski definition) is 1. The zero-order valence-electron chi connectivity index (χ0n) is 9.49. The molecule has 0 saturated carbocycles. The first kappa shape index (κ1) is 12.8. The van der Waals surface area contributed by atoms with E-state index in [1.165, 1.54) is 5.56 Å². The predicted molar refractivity (Wildman–Crippen MR) is 71.7 cm³/mol. The third-order valence-electron chi connectivity index (χ3n) is 2.23. The second-order valence-electron chi connectivity index (χ2n) is 3.36. The Morgan fingerprint density at radius 2 is 1.53 bits per heavy atom. The lowest BCUT2D eigenvalue weighted by atomic mass is 10.1. The number of aromatic hydroxyl groups is 1. The van der Waals surface area contributed by atoms with Crippen molar-refractivity contribution in [2.24, 2.45) is 0 Å². The monoisotopic (exact) mass is 242 g/mol. The lowest BCUT2D eigenvalue weighted by molar-refractivity contribution is 0.475. The Bertz CT molecular complexity index is 289. The Kier molecular flexibility index (Phi) is 4.87. The van der Waals surface area contributed by atoms with Gasteiger partial charge in [0.15, 0.2) is 0 Å². The second kappa shape index (κ2) is 5.71. The van der Waals surface area contributed by atoms with Gasteiger partial charge in [0.25, 0.3) is 0 Å². The summed E-state index contributed by atoms with van der Waals surface area (Å²) < 4.78 is 0.108. The number of rotatable bonds is 5. The molecule has 0 heterocycles. The van der Waals surface area contributed by atoms with Crippen molar-refractivity contribution in [1.29, 1.82) is 0 Å². The van der Waals surface area contributed by atoms with E-state index in [1.54, 1.807) is 12.1 Å². The van der Waals surface area contributed by atoms with Crippen LogP contribution in [-0.2, 0) is 4.08 Å². The van der Waals surface area contributed by atoms with Crippen LogP contribution >= 0.6 is 23.5 Å². The highest BCUT2D eigenvalue weighted by molar-refractivity contribution is 8.17. The maximum absolute atomic E-state index is 9.27. The van der Waals surface area contributed by atoms with Crippen molar-refractivity contribution in [1.82, 2.24) is 0 Å². The minimum absolute atomic E-state index is 0.108. The standard InChI is InChI=1S/C12H18OS2/c1-4-14-12(3,15-5-2)10-6-8-11(13)9-7-10/h6-9,13H,4-5H2,1-3H3. The summed E-state index contributed by atoms with van der Waals surface area (Å²) in [6, 6.07) is 7.56. The number of thioether (sulfide) groups is 2. The third-order valence-corrected chi connectivity index (χ3v) is 5.09. The Morgan fingerprint density at radius 3 is 1.93 bits per heavy atom. The fraction of sp³-hybridized carbons (Fsp3) is 0.500. The van der Waals surface area contributed by atoms with E-state index in [9.17, 15) is 5.11 Å². The maximum Gasteiger partial charge on any atom is 0.115 e. The molecule has 0 fully saturated rings. The minimum atomic E-state index is 0.108. The molecule has 0 atom stereocenters. The van der Waals surface area contributed by atoms with Gasteiger partial charge in [-0.1, -0.05) is 26.0 Å². The van der Waals surface area contributed by atoms with E-state index in [0.717, 1.165) is 11.5 Å². The first-order valence-corrected chi connectivity index (χ1v) is 7.17. The quantitative estimate of drug-likeness (QED) is 0.786. The average molecular weight is 242 g/mol. The van der Waals surface area contributed by atoms with E-state index >= 15 is 0 Å². The molecular weight excluding hydrogens is 224 g/mol. The SMILES string of the molecule is CCSC(C)(SCC)c1ccc(O)cc1. The zero-order valence-corrected chi connectivity index (χ0v) is 11.1. The largest absolute Gasteiger partial charge is 0.508 e. The molecule has 0 aliphatic carbocycles. The van der Waals surface area contributed by atoms with Crippen molar-refractivity contribution in [2.75, 3.05) is 11.5 Å². The van der Waals surface area contributed by atoms with Crippen molar-refractivity contribution < 1.29 is 5.11 Å². The Morgan fingerprint density at radius 1 is 1.07 bits per heavy atom. The first-order valence-electron chi connectivity index (χ1n) is 5.19. The van der Waals surface area contributed by atoms with E-state index in [1.807, 2.05) is 35.7 Å². The summed E-state index contributed by atoms with van der Waals surface area (Å²) in [5.74, 6) is 2.54. The van der Waals surface area contributed by atoms with E-state index in [-0.39, 0.29) is 4.08 Å². The van der Waals surface area contributed by atoms with Gasteiger partial charge in [-0.25, -0.2) is 0 Å². The molecule has 1 aromatic rings. The highest BCUT2D eigenvalue weighted by Crippen LogP contribution is 2.46. The molecule has 0 aliphatic rings. The fourth-order valence-electron chi connectivity index (χ4n) is 1.52. The molecule has 84 valence electrons. The van der Waals surface area contributed by atoms with Crippen LogP contribution in [0.4, 0.5) is 0 Å². The lowest BCUT2D eigenvalue weighted by Gasteiger charge is -2.28. The number of phenolic OH excluding ortho intramolecular Hbond substituents is 1. The van der Waals surface area contributed by atoms with Gasteiger partial charge in [-0.3, -0.25) is 0 Å². The van der Waals surface area contributed by atoms with Gasteiger partial charge < -0.3 is 5.11 Å². The van der Waals surface area contributed by atoms with Crippen LogP contribution in [0.15, 0.2) is 24.3 Å². The highest BCUT2D eigenvalue weighted by Gasteiger charge is 2.26. The first-order chi connectivity index (χ1) is 7.12. The highest BCUT2D eigenvalue weighted by atomic mass is 32.2. The van der Waals surface area contributed by atoms with Crippen molar-refractivity contribution in [3.05, 3.63) is 29.8 Å². The van der Waals surface area contributed by atoms with Crippen molar-refractivity contribution in [3.63, 3.8) is 0 Å². The summed E-state index contributed by atoms with van der Waals surface area (Å²) in [5, 5.41) is 9.27. The summed E-state index contributed by atoms with van der Waals surface area (Å²) in [5.41, 5.74) is 1.28. The Labute approximate surface area is 101 Å². The summed E-state index contributed by atoms with van der Waals surface area (Å²) in [4.78, 5) is 0. The van der Waals surface area contributed by atoms with Crippen LogP contribution in [0.5, 0.6) is 5.75 Å². The smallest absolute Gasteiger partial charge is 0.115 e. The van der Waals surface area contributed by atoms with Crippen molar-refractivity contribution in [2.45, 2.75) is 24.9 Å². The fourth-order valence-corrected chi connectivity index (χ4v) is 4.27. The van der Waals surface area contributed by atoms with Gasteiger partial charge in [0, 0.05) is 0 Å². The normalized spacial score (nSPS) is 11.7. The molecule has 1 rings (SSSR count).